The first kappa shape index (κ1) is 16.0. The lowest BCUT2D eigenvalue weighted by Gasteiger charge is -2.30. The predicted octanol–water partition coefficient (Wildman–Crippen LogP) is 4.31. The molecule has 0 radical (unpaired) electrons. The van der Waals surface area contributed by atoms with Crippen LogP contribution in [0.3, 0.4) is 0 Å². The molecule has 2 fully saturated rings. The Kier molecular flexibility index (Phi) is 6.10. The number of ether oxygens (including phenoxy) is 1. The monoisotopic (exact) mass is 279 g/mol. The van der Waals surface area contributed by atoms with Gasteiger partial charge in [0.05, 0.1) is 0 Å². The lowest BCUT2D eigenvalue weighted by atomic mass is 9.81. The van der Waals surface area contributed by atoms with Gasteiger partial charge in [-0.05, 0) is 58.3 Å². The van der Waals surface area contributed by atoms with Crippen molar-refractivity contribution in [2.24, 2.45) is 11.8 Å². The van der Waals surface area contributed by atoms with Crippen LogP contribution in [0.2, 0.25) is 0 Å². The highest BCUT2D eigenvalue weighted by Crippen LogP contribution is 2.31. The summed E-state index contributed by atoms with van der Waals surface area (Å²) in [7, 11) is 0. The molecule has 116 valence electrons. The second-order valence-corrected chi connectivity index (χ2v) is 7.63. The van der Waals surface area contributed by atoms with Gasteiger partial charge >= 0.3 is 0 Å². The van der Waals surface area contributed by atoms with Crippen LogP contribution in [0.5, 0.6) is 0 Å². The topological polar surface area (TPSA) is 21.3 Å². The highest BCUT2D eigenvalue weighted by Gasteiger charge is 2.21. The van der Waals surface area contributed by atoms with Crippen LogP contribution in [0.4, 0.5) is 0 Å². The van der Waals surface area contributed by atoms with E-state index < -0.39 is 0 Å². The van der Waals surface area contributed by atoms with Crippen LogP contribution in [0.1, 0.15) is 65.7 Å². The number of rotatable bonds is 4. The Morgan fingerprint density at radius 2 is 1.70 bits per heavy atom. The fraction of sp³-hybridized carbons (Fsp3) is 0.889. The summed E-state index contributed by atoms with van der Waals surface area (Å²) in [6.07, 6.45) is 12.1. The predicted molar refractivity (Wildman–Crippen MR) is 86.0 cm³/mol. The molecule has 20 heavy (non-hydrogen) atoms. The minimum Gasteiger partial charge on any atom is -0.381 e. The molecule has 0 spiro atoms. The summed E-state index contributed by atoms with van der Waals surface area (Å²) in [5.41, 5.74) is 1.90. The molecule has 1 heterocycles. The summed E-state index contributed by atoms with van der Waals surface area (Å²) >= 11 is 0. The van der Waals surface area contributed by atoms with E-state index in [4.69, 9.17) is 4.74 Å². The normalized spacial score (nSPS) is 24.1. The number of hydrogen-bond acceptors (Lipinski definition) is 2. The molecule has 1 saturated carbocycles. The van der Waals surface area contributed by atoms with E-state index in [0.29, 0.717) is 0 Å². The summed E-state index contributed by atoms with van der Waals surface area (Å²) in [6.45, 7) is 9.77. The molecule has 1 N–H and O–H groups in total. The van der Waals surface area contributed by atoms with E-state index in [2.05, 4.69) is 32.2 Å². The van der Waals surface area contributed by atoms with Gasteiger partial charge in [0.15, 0.2) is 0 Å². The first-order chi connectivity index (χ1) is 9.54. The lowest BCUT2D eigenvalue weighted by molar-refractivity contribution is 0.0781. The van der Waals surface area contributed by atoms with Crippen molar-refractivity contribution in [2.75, 3.05) is 19.8 Å². The molecule has 0 unspecified atom stereocenters. The van der Waals surface area contributed by atoms with Crippen molar-refractivity contribution in [2.45, 2.75) is 71.3 Å². The first-order valence-corrected chi connectivity index (χ1v) is 8.58. The van der Waals surface area contributed by atoms with Crippen molar-refractivity contribution in [3.8, 4) is 0 Å². The van der Waals surface area contributed by atoms with Crippen LogP contribution in [-0.4, -0.2) is 25.3 Å². The standard InChI is InChI=1S/C18H33NO/c1-18(2,3)19-14-17(16-7-5-4-6-8-16)13-15-9-11-20-12-10-15/h13,15-16,19H,4-12,14H2,1-3H3. The molecule has 1 aliphatic heterocycles. The lowest BCUT2D eigenvalue weighted by Crippen LogP contribution is -2.38. The van der Waals surface area contributed by atoms with Crippen molar-refractivity contribution < 1.29 is 4.74 Å². The third-order valence-corrected chi connectivity index (χ3v) is 4.67. The minimum atomic E-state index is 0.212. The second kappa shape index (κ2) is 7.61. The molecule has 0 aromatic heterocycles. The Bertz CT molecular complexity index is 304. The molecule has 2 nitrogen and oxygen atoms in total. The van der Waals surface area contributed by atoms with Gasteiger partial charge < -0.3 is 10.1 Å². The maximum absolute atomic E-state index is 5.50. The smallest absolute Gasteiger partial charge is 0.0471 e. The van der Waals surface area contributed by atoms with E-state index in [-0.39, 0.29) is 5.54 Å². The van der Waals surface area contributed by atoms with Gasteiger partial charge in [-0.15, -0.1) is 0 Å². The average Bonchev–Trinajstić information content (AvgIpc) is 2.44. The fourth-order valence-corrected chi connectivity index (χ4v) is 3.37. The Labute approximate surface area is 125 Å². The zero-order chi connectivity index (χ0) is 14.4. The zero-order valence-corrected chi connectivity index (χ0v) is 13.7. The van der Waals surface area contributed by atoms with E-state index in [1.165, 1.54) is 44.9 Å². The van der Waals surface area contributed by atoms with E-state index >= 15 is 0 Å². The summed E-state index contributed by atoms with van der Waals surface area (Å²) < 4.78 is 5.50. The molecule has 0 aromatic rings. The maximum Gasteiger partial charge on any atom is 0.0471 e. The van der Waals surface area contributed by atoms with Crippen molar-refractivity contribution in [3.63, 3.8) is 0 Å². The van der Waals surface area contributed by atoms with Gasteiger partial charge in [-0.25, -0.2) is 0 Å². The van der Waals surface area contributed by atoms with Gasteiger partial charge in [-0.2, -0.15) is 0 Å². The summed E-state index contributed by atoms with van der Waals surface area (Å²) in [4.78, 5) is 0. The summed E-state index contributed by atoms with van der Waals surface area (Å²) in [6, 6.07) is 0. The van der Waals surface area contributed by atoms with Crippen LogP contribution in [0.15, 0.2) is 11.6 Å². The van der Waals surface area contributed by atoms with Gasteiger partial charge in [-0.1, -0.05) is 30.9 Å². The van der Waals surface area contributed by atoms with Crippen molar-refractivity contribution in [3.05, 3.63) is 11.6 Å². The zero-order valence-electron chi connectivity index (χ0n) is 13.7. The Morgan fingerprint density at radius 3 is 2.30 bits per heavy atom. The van der Waals surface area contributed by atoms with E-state index in [1.54, 1.807) is 5.57 Å². The largest absolute Gasteiger partial charge is 0.381 e. The van der Waals surface area contributed by atoms with Crippen LogP contribution >= 0.6 is 0 Å². The Hall–Kier alpha value is -0.340. The van der Waals surface area contributed by atoms with Gasteiger partial charge in [0.2, 0.25) is 0 Å². The fourth-order valence-electron chi connectivity index (χ4n) is 3.37. The molecule has 0 bridgehead atoms. The highest BCUT2D eigenvalue weighted by molar-refractivity contribution is 5.12. The number of hydrogen-bond donors (Lipinski definition) is 1. The molecular weight excluding hydrogens is 246 g/mol. The van der Waals surface area contributed by atoms with Crippen molar-refractivity contribution in [1.29, 1.82) is 0 Å². The molecule has 2 rings (SSSR count). The van der Waals surface area contributed by atoms with Crippen molar-refractivity contribution in [1.82, 2.24) is 5.32 Å². The van der Waals surface area contributed by atoms with E-state index in [0.717, 1.165) is 31.6 Å². The minimum absolute atomic E-state index is 0.212. The molecule has 1 saturated heterocycles. The quantitative estimate of drug-likeness (QED) is 0.774. The van der Waals surface area contributed by atoms with Gasteiger partial charge in [0, 0.05) is 25.3 Å². The van der Waals surface area contributed by atoms with Crippen molar-refractivity contribution >= 4 is 0 Å². The summed E-state index contributed by atoms with van der Waals surface area (Å²) in [5, 5.41) is 3.71. The molecule has 0 amide bonds. The Balaban J connectivity index is 1.99. The van der Waals surface area contributed by atoms with Crippen LogP contribution in [-0.2, 0) is 4.74 Å². The number of nitrogens with one attached hydrogen (secondary N) is 1. The molecular formula is C18H33NO. The highest BCUT2D eigenvalue weighted by atomic mass is 16.5. The van der Waals surface area contributed by atoms with Gasteiger partial charge in [-0.3, -0.25) is 0 Å². The molecule has 0 atom stereocenters. The molecule has 1 aliphatic carbocycles. The Morgan fingerprint density at radius 1 is 1.05 bits per heavy atom. The SMILES string of the molecule is CC(C)(C)NCC(=CC1CCOCC1)C1CCCCC1. The number of allylic oxidation sites excluding steroid dienone is 1. The third kappa shape index (κ3) is 5.57. The second-order valence-electron chi connectivity index (χ2n) is 7.63. The van der Waals surface area contributed by atoms with Gasteiger partial charge in [0.1, 0.15) is 0 Å². The first-order valence-electron chi connectivity index (χ1n) is 8.58. The van der Waals surface area contributed by atoms with Gasteiger partial charge in [0.25, 0.3) is 0 Å². The van der Waals surface area contributed by atoms with E-state index in [1.807, 2.05) is 0 Å². The third-order valence-electron chi connectivity index (χ3n) is 4.67. The van der Waals surface area contributed by atoms with Crippen LogP contribution in [0.25, 0.3) is 0 Å². The molecule has 2 heteroatoms. The molecule has 0 aromatic carbocycles. The van der Waals surface area contributed by atoms with Crippen LogP contribution < -0.4 is 5.32 Å². The molecule has 2 aliphatic rings. The van der Waals surface area contributed by atoms with Crippen LogP contribution in [0, 0.1) is 11.8 Å². The maximum atomic E-state index is 5.50. The van der Waals surface area contributed by atoms with E-state index in [9.17, 15) is 0 Å². The average molecular weight is 279 g/mol. The summed E-state index contributed by atoms with van der Waals surface area (Å²) in [5.74, 6) is 1.59.